The van der Waals surface area contributed by atoms with Crippen molar-refractivity contribution in [2.75, 3.05) is 26.5 Å². The molecule has 7 nitrogen and oxygen atoms in total. The number of hydrogen-bond donors (Lipinski definition) is 2. The smallest absolute Gasteiger partial charge is 0.317 e. The van der Waals surface area contributed by atoms with Crippen molar-refractivity contribution >= 4 is 16.1 Å². The first-order valence-corrected chi connectivity index (χ1v) is 12.9. The highest BCUT2D eigenvalue weighted by molar-refractivity contribution is 7.88. The van der Waals surface area contributed by atoms with E-state index in [-0.39, 0.29) is 18.0 Å². The zero-order chi connectivity index (χ0) is 23.0. The van der Waals surface area contributed by atoms with Crippen LogP contribution in [0.5, 0.6) is 5.75 Å². The molecule has 0 aliphatic heterocycles. The fraction of sp³-hybridized carbons (Fsp3) is 0.458. The summed E-state index contributed by atoms with van der Waals surface area (Å²) in [5.41, 5.74) is 2.20. The molecule has 174 valence electrons. The Labute approximate surface area is 191 Å². The molecule has 0 saturated heterocycles. The van der Waals surface area contributed by atoms with Crippen molar-refractivity contribution in [3.05, 3.63) is 65.7 Å². The second-order valence-electron chi connectivity index (χ2n) is 8.37. The van der Waals surface area contributed by atoms with Crippen LogP contribution in [0.25, 0.3) is 0 Å². The lowest BCUT2D eigenvalue weighted by molar-refractivity contribution is 0.188. The molecule has 1 aliphatic rings. The molecule has 0 heterocycles. The zero-order valence-corrected chi connectivity index (χ0v) is 19.6. The molecule has 1 aliphatic carbocycles. The molecule has 1 fully saturated rings. The van der Waals surface area contributed by atoms with Crippen LogP contribution in [0.3, 0.4) is 0 Å². The molecule has 0 spiro atoms. The van der Waals surface area contributed by atoms with E-state index in [1.54, 1.807) is 7.11 Å². The van der Waals surface area contributed by atoms with Crippen LogP contribution in [-0.4, -0.2) is 51.8 Å². The molecule has 2 aromatic rings. The molecular weight excluding hydrogens is 426 g/mol. The van der Waals surface area contributed by atoms with E-state index in [1.807, 2.05) is 59.5 Å². The van der Waals surface area contributed by atoms with E-state index in [0.29, 0.717) is 19.6 Å². The summed E-state index contributed by atoms with van der Waals surface area (Å²) in [6.07, 6.45) is 4.63. The number of benzene rings is 2. The van der Waals surface area contributed by atoms with E-state index in [0.717, 1.165) is 48.8 Å². The Bertz CT molecular complexity index is 964. The summed E-state index contributed by atoms with van der Waals surface area (Å²) in [5.74, 6) is 0.913. The second-order valence-corrected chi connectivity index (χ2v) is 10.2. The molecule has 3 rings (SSSR count). The van der Waals surface area contributed by atoms with Gasteiger partial charge in [0, 0.05) is 25.7 Å². The van der Waals surface area contributed by atoms with Crippen molar-refractivity contribution in [1.82, 2.24) is 14.9 Å². The predicted octanol–water partition coefficient (Wildman–Crippen LogP) is 3.17. The number of methoxy groups -OCH3 is 1. The summed E-state index contributed by atoms with van der Waals surface area (Å²) in [4.78, 5) is 15.1. The molecule has 2 N–H and O–H groups in total. The molecule has 0 radical (unpaired) electrons. The van der Waals surface area contributed by atoms with Gasteiger partial charge in [0.05, 0.1) is 13.4 Å². The molecule has 2 aromatic carbocycles. The monoisotopic (exact) mass is 459 g/mol. The third-order valence-electron chi connectivity index (χ3n) is 5.91. The molecule has 0 aromatic heterocycles. The van der Waals surface area contributed by atoms with Crippen LogP contribution < -0.4 is 14.8 Å². The largest absolute Gasteiger partial charge is 0.497 e. The molecule has 2 atom stereocenters. The molecule has 2 unspecified atom stereocenters. The van der Waals surface area contributed by atoms with Gasteiger partial charge >= 0.3 is 6.03 Å². The van der Waals surface area contributed by atoms with Crippen LogP contribution in [0.4, 0.5) is 4.79 Å². The minimum Gasteiger partial charge on any atom is -0.497 e. The first-order valence-electron chi connectivity index (χ1n) is 11.0. The van der Waals surface area contributed by atoms with Gasteiger partial charge in [-0.05, 0) is 48.4 Å². The van der Waals surface area contributed by atoms with Crippen molar-refractivity contribution in [2.45, 2.75) is 38.3 Å². The average Bonchev–Trinajstić information content (AvgIpc) is 3.22. The number of urea groups is 1. The highest BCUT2D eigenvalue weighted by Crippen LogP contribution is 2.25. The maximum atomic E-state index is 13.2. The Hall–Kier alpha value is -2.58. The summed E-state index contributed by atoms with van der Waals surface area (Å²) in [5, 5.41) is 3.17. The first-order chi connectivity index (χ1) is 15.3. The molecule has 1 saturated carbocycles. The lowest BCUT2D eigenvalue weighted by Gasteiger charge is -2.28. The topological polar surface area (TPSA) is 87.7 Å². The zero-order valence-electron chi connectivity index (χ0n) is 18.8. The normalized spacial score (nSPS) is 18.3. The van der Waals surface area contributed by atoms with E-state index < -0.39 is 10.0 Å². The minimum atomic E-state index is -3.25. The number of carbonyl (C=O) groups is 1. The van der Waals surface area contributed by atoms with Crippen molar-refractivity contribution in [1.29, 1.82) is 0 Å². The summed E-state index contributed by atoms with van der Waals surface area (Å²) >= 11 is 0. The number of ether oxygens (including phenoxy) is 1. The van der Waals surface area contributed by atoms with Gasteiger partial charge in [-0.25, -0.2) is 17.9 Å². The lowest BCUT2D eigenvalue weighted by Crippen LogP contribution is -2.48. The number of sulfonamides is 1. The molecule has 8 heteroatoms. The third-order valence-corrected chi connectivity index (χ3v) is 6.60. The van der Waals surface area contributed by atoms with Crippen molar-refractivity contribution in [3.8, 4) is 5.75 Å². The molecule has 32 heavy (non-hydrogen) atoms. The van der Waals surface area contributed by atoms with Gasteiger partial charge in [0.2, 0.25) is 10.0 Å². The Kier molecular flexibility index (Phi) is 8.53. The van der Waals surface area contributed by atoms with Gasteiger partial charge in [-0.1, -0.05) is 48.9 Å². The van der Waals surface area contributed by atoms with E-state index in [9.17, 15) is 13.2 Å². The third kappa shape index (κ3) is 7.53. The minimum absolute atomic E-state index is 0.0315. The van der Waals surface area contributed by atoms with E-state index in [2.05, 4.69) is 10.0 Å². The maximum Gasteiger partial charge on any atom is 0.317 e. The Balaban J connectivity index is 1.65. The maximum absolute atomic E-state index is 13.2. The van der Waals surface area contributed by atoms with Gasteiger partial charge < -0.3 is 15.0 Å². The van der Waals surface area contributed by atoms with Crippen LogP contribution >= 0.6 is 0 Å². The van der Waals surface area contributed by atoms with Crippen LogP contribution in [0.15, 0.2) is 54.6 Å². The SMILES string of the molecule is COc1ccc(CCN(Cc2ccccc2)C(=O)NC2CCCC2CNS(C)(=O)=O)cc1. The fourth-order valence-electron chi connectivity index (χ4n) is 4.09. The quantitative estimate of drug-likeness (QED) is 0.571. The average molecular weight is 460 g/mol. The van der Waals surface area contributed by atoms with Crippen molar-refractivity contribution in [2.24, 2.45) is 5.92 Å². The highest BCUT2D eigenvalue weighted by Gasteiger charge is 2.30. The second kappa shape index (κ2) is 11.3. The van der Waals surface area contributed by atoms with Gasteiger partial charge in [0.1, 0.15) is 5.75 Å². The first kappa shape index (κ1) is 24.1. The fourth-order valence-corrected chi connectivity index (χ4v) is 4.61. The Morgan fingerprint density at radius 1 is 1.06 bits per heavy atom. The number of carbonyl (C=O) groups excluding carboxylic acids is 1. The molecule has 2 amide bonds. The summed E-state index contributed by atoms with van der Waals surface area (Å²) in [6.45, 7) is 1.45. The predicted molar refractivity (Wildman–Crippen MR) is 126 cm³/mol. The van der Waals surface area contributed by atoms with E-state index in [4.69, 9.17) is 4.74 Å². The number of nitrogens with zero attached hydrogens (tertiary/aromatic N) is 1. The van der Waals surface area contributed by atoms with Crippen LogP contribution in [0.2, 0.25) is 0 Å². The molecule has 0 bridgehead atoms. The summed E-state index contributed by atoms with van der Waals surface area (Å²) < 4.78 is 30.8. The van der Waals surface area contributed by atoms with Crippen molar-refractivity contribution in [3.63, 3.8) is 0 Å². The van der Waals surface area contributed by atoms with Gasteiger partial charge in [-0.2, -0.15) is 0 Å². The van der Waals surface area contributed by atoms with Gasteiger partial charge in [0.25, 0.3) is 0 Å². The van der Waals surface area contributed by atoms with Crippen LogP contribution in [-0.2, 0) is 23.0 Å². The lowest BCUT2D eigenvalue weighted by atomic mass is 10.0. The Morgan fingerprint density at radius 3 is 2.44 bits per heavy atom. The van der Waals surface area contributed by atoms with Crippen LogP contribution in [0.1, 0.15) is 30.4 Å². The summed E-state index contributed by atoms with van der Waals surface area (Å²) in [6, 6.07) is 17.7. The molecular formula is C24H33N3O4S. The number of nitrogens with one attached hydrogen (secondary N) is 2. The van der Waals surface area contributed by atoms with Gasteiger partial charge in [-0.15, -0.1) is 0 Å². The Morgan fingerprint density at radius 2 is 1.78 bits per heavy atom. The number of hydrogen-bond acceptors (Lipinski definition) is 4. The standard InChI is InChI=1S/C24H33N3O4S/c1-31-22-13-11-19(12-14-22)15-16-27(18-20-7-4-3-5-8-20)24(28)26-23-10-6-9-21(23)17-25-32(2,29)30/h3-5,7-8,11-14,21,23,25H,6,9-10,15-18H2,1-2H3,(H,26,28). The van der Waals surface area contributed by atoms with E-state index >= 15 is 0 Å². The van der Waals surface area contributed by atoms with Crippen molar-refractivity contribution < 1.29 is 17.9 Å². The highest BCUT2D eigenvalue weighted by atomic mass is 32.2. The van der Waals surface area contributed by atoms with Crippen LogP contribution in [0, 0.1) is 5.92 Å². The van der Waals surface area contributed by atoms with Gasteiger partial charge in [0.15, 0.2) is 0 Å². The van der Waals surface area contributed by atoms with Gasteiger partial charge in [-0.3, -0.25) is 0 Å². The summed E-state index contributed by atoms with van der Waals surface area (Å²) in [7, 11) is -1.61. The van der Waals surface area contributed by atoms with E-state index in [1.165, 1.54) is 0 Å². The number of amides is 2. The number of rotatable bonds is 10.